The Balaban J connectivity index is 0.957. The maximum absolute atomic E-state index is 13.8. The molecule has 15 nitrogen and oxygen atoms in total. The number of hydrogen-bond donors (Lipinski definition) is 3. The summed E-state index contributed by atoms with van der Waals surface area (Å²) in [5.74, 6) is -0.0873. The Labute approximate surface area is 325 Å². The summed E-state index contributed by atoms with van der Waals surface area (Å²) in [6.45, 7) is 2.03. The van der Waals surface area contributed by atoms with Gasteiger partial charge in [0.05, 0.1) is 16.0 Å². The number of nitro groups is 1. The molecule has 0 spiro atoms. The number of rotatable bonds is 12. The number of nitro benzene ring substituents is 1. The normalized spacial score (nSPS) is 13.0. The Bertz CT molecular complexity index is 2530. The lowest BCUT2D eigenvalue weighted by Crippen LogP contribution is -2.49. The first kappa shape index (κ1) is 37.7. The highest BCUT2D eigenvalue weighted by Crippen LogP contribution is 2.33. The molecule has 0 aliphatic carbocycles. The molecule has 1 aliphatic heterocycles. The number of piperazine rings is 1. The molecule has 0 saturated carbocycles. The summed E-state index contributed by atoms with van der Waals surface area (Å²) >= 11 is 1.57. The van der Waals surface area contributed by atoms with E-state index in [0.29, 0.717) is 49.9 Å². The molecule has 1 aliphatic rings. The Morgan fingerprint density at radius 1 is 0.857 bits per heavy atom. The van der Waals surface area contributed by atoms with E-state index in [4.69, 9.17) is 0 Å². The third-order valence-electron chi connectivity index (χ3n) is 9.10. The summed E-state index contributed by atoms with van der Waals surface area (Å²) < 4.78 is 28.1. The molecule has 0 radical (unpaired) electrons. The molecule has 6 aromatic rings. The number of thioether (sulfide) groups is 1. The fraction of sp³-hybridized carbons (Fsp3) is 0.154. The lowest BCUT2D eigenvalue weighted by molar-refractivity contribution is -0.384. The van der Waals surface area contributed by atoms with Crippen molar-refractivity contribution in [3.8, 4) is 16.9 Å². The summed E-state index contributed by atoms with van der Waals surface area (Å²) in [5.41, 5.74) is 1.54. The number of anilines is 2. The molecule has 3 heterocycles. The van der Waals surface area contributed by atoms with Gasteiger partial charge in [0.1, 0.15) is 11.4 Å². The number of nitrogens with one attached hydrogen (secondary N) is 2. The van der Waals surface area contributed by atoms with Gasteiger partial charge in [-0.1, -0.05) is 48.5 Å². The Kier molecular flexibility index (Phi) is 11.1. The highest BCUT2D eigenvalue weighted by Gasteiger charge is 2.27. The molecular weight excluding hydrogens is 757 g/mol. The maximum atomic E-state index is 13.8. The van der Waals surface area contributed by atoms with Crippen LogP contribution in [0.3, 0.4) is 0 Å². The minimum atomic E-state index is -4.51. The van der Waals surface area contributed by atoms with Crippen molar-refractivity contribution in [1.82, 2.24) is 24.8 Å². The fourth-order valence-electron chi connectivity index (χ4n) is 6.32. The van der Waals surface area contributed by atoms with E-state index in [2.05, 4.69) is 20.5 Å². The number of benzene rings is 4. The fourth-order valence-corrected chi connectivity index (χ4v) is 8.09. The second kappa shape index (κ2) is 16.4. The van der Waals surface area contributed by atoms with Crippen LogP contribution >= 0.6 is 11.8 Å². The first-order valence-electron chi connectivity index (χ1n) is 17.4. The molecular formula is C39H34N8O7S2. The van der Waals surface area contributed by atoms with Gasteiger partial charge >= 0.3 is 0 Å². The number of aromatic hydroxyl groups is 1. The zero-order valence-corrected chi connectivity index (χ0v) is 31.2. The van der Waals surface area contributed by atoms with Crippen molar-refractivity contribution in [3.63, 3.8) is 0 Å². The summed E-state index contributed by atoms with van der Waals surface area (Å²) in [6, 6.07) is 28.7. The van der Waals surface area contributed by atoms with E-state index in [-0.39, 0.29) is 23.0 Å². The molecule has 0 bridgehead atoms. The van der Waals surface area contributed by atoms with Crippen molar-refractivity contribution in [3.05, 3.63) is 137 Å². The van der Waals surface area contributed by atoms with Crippen molar-refractivity contribution < 1.29 is 28.0 Å². The smallest absolute Gasteiger partial charge is 0.293 e. The molecule has 17 heteroatoms. The van der Waals surface area contributed by atoms with Gasteiger partial charge in [-0.05, 0) is 64.9 Å². The highest BCUT2D eigenvalue weighted by atomic mass is 32.2. The molecule has 4 aromatic carbocycles. The van der Waals surface area contributed by atoms with E-state index in [0.717, 1.165) is 32.9 Å². The molecule has 3 N–H and O–H groups in total. The van der Waals surface area contributed by atoms with Gasteiger partial charge in [0.2, 0.25) is 0 Å². The largest absolute Gasteiger partial charge is 0.506 e. The Morgan fingerprint density at radius 2 is 1.61 bits per heavy atom. The van der Waals surface area contributed by atoms with Crippen LogP contribution in [0.4, 0.5) is 17.2 Å². The van der Waals surface area contributed by atoms with Crippen molar-refractivity contribution >= 4 is 61.6 Å². The Hall–Kier alpha value is -6.59. The lowest BCUT2D eigenvalue weighted by atomic mass is 9.95. The third-order valence-corrected chi connectivity index (χ3v) is 11.4. The standard InChI is InChI=1S/C39H34N8O7S2/c48-27-22-26(24-40-25-27)30-11-12-33(32-9-5-4-8-31(30)32)39(50)46-19-17-45(18-20-46)37-15-14-35(42-43-37)38(49)44-56(53,54)29-10-13-34(36(23-29)47(51)52)41-16-21-55-28-6-2-1-3-7-28/h1-15,22-25,41,48H,16-21H2,(H,44,49). The van der Waals surface area contributed by atoms with E-state index in [1.165, 1.54) is 30.5 Å². The predicted molar refractivity (Wildman–Crippen MR) is 212 cm³/mol. The average Bonchev–Trinajstić information content (AvgIpc) is 3.22. The van der Waals surface area contributed by atoms with Crippen LogP contribution in [0.25, 0.3) is 21.9 Å². The topological polar surface area (TPSA) is 201 Å². The number of hydrogen-bond acceptors (Lipinski definition) is 13. The number of carbonyl (C=O) groups excluding carboxylic acids is 2. The number of amides is 2. The zero-order valence-electron chi connectivity index (χ0n) is 29.6. The van der Waals surface area contributed by atoms with Crippen LogP contribution < -0.4 is 14.9 Å². The SMILES string of the molecule is O=C(NS(=O)(=O)c1ccc(NCCSc2ccccc2)c([N+](=O)[O-])c1)c1ccc(N2CCN(C(=O)c3ccc(-c4cncc(O)c4)c4ccccc34)CC2)nn1. The van der Waals surface area contributed by atoms with Crippen molar-refractivity contribution in [1.29, 1.82) is 0 Å². The van der Waals surface area contributed by atoms with Crippen LogP contribution in [0.5, 0.6) is 5.75 Å². The first-order valence-corrected chi connectivity index (χ1v) is 19.9. The molecule has 0 atom stereocenters. The summed E-state index contributed by atoms with van der Waals surface area (Å²) in [6.07, 6.45) is 3.02. The quantitative estimate of drug-likeness (QED) is 0.0600. The third kappa shape index (κ3) is 8.38. The predicted octanol–water partition coefficient (Wildman–Crippen LogP) is 5.59. The summed E-state index contributed by atoms with van der Waals surface area (Å²) in [4.78, 5) is 46.2. The Morgan fingerprint density at radius 3 is 2.32 bits per heavy atom. The van der Waals surface area contributed by atoms with Crippen molar-refractivity contribution in [2.75, 3.05) is 48.7 Å². The monoisotopic (exact) mass is 790 g/mol. The van der Waals surface area contributed by atoms with Crippen LogP contribution in [0.15, 0.2) is 125 Å². The molecule has 2 aromatic heterocycles. The van der Waals surface area contributed by atoms with Gasteiger partial charge in [-0.2, -0.15) is 0 Å². The number of aromatic nitrogens is 3. The van der Waals surface area contributed by atoms with Gasteiger partial charge in [0.25, 0.3) is 27.5 Å². The highest BCUT2D eigenvalue weighted by molar-refractivity contribution is 7.99. The number of fused-ring (bicyclic) bond motifs is 1. The van der Waals surface area contributed by atoms with Gasteiger partial charge in [0.15, 0.2) is 11.5 Å². The summed E-state index contributed by atoms with van der Waals surface area (Å²) in [5, 5.41) is 34.5. The molecule has 0 unspecified atom stereocenters. The van der Waals surface area contributed by atoms with E-state index in [1.807, 2.05) is 70.3 Å². The number of pyridine rings is 1. The van der Waals surface area contributed by atoms with E-state index >= 15 is 0 Å². The maximum Gasteiger partial charge on any atom is 0.293 e. The lowest BCUT2D eigenvalue weighted by Gasteiger charge is -2.35. The minimum Gasteiger partial charge on any atom is -0.506 e. The second-order valence-corrected chi connectivity index (χ2v) is 15.5. The molecule has 56 heavy (non-hydrogen) atoms. The number of sulfonamides is 1. The van der Waals surface area contributed by atoms with Gasteiger partial charge in [-0.25, -0.2) is 13.1 Å². The number of nitrogens with zero attached hydrogens (tertiary/aromatic N) is 6. The minimum absolute atomic E-state index is 0.0469. The van der Waals surface area contributed by atoms with E-state index in [1.54, 1.807) is 35.0 Å². The molecule has 7 rings (SSSR count). The van der Waals surface area contributed by atoms with Gasteiger partial charge in [-0.3, -0.25) is 24.7 Å². The van der Waals surface area contributed by atoms with Gasteiger partial charge < -0.3 is 20.2 Å². The molecule has 2 amide bonds. The average molecular weight is 791 g/mol. The second-order valence-electron chi connectivity index (χ2n) is 12.7. The zero-order chi connectivity index (χ0) is 39.2. The van der Waals surface area contributed by atoms with Gasteiger partial charge in [0, 0.05) is 66.8 Å². The summed E-state index contributed by atoms with van der Waals surface area (Å²) in [7, 11) is -4.51. The van der Waals surface area contributed by atoms with E-state index < -0.39 is 31.4 Å². The first-order chi connectivity index (χ1) is 27.1. The van der Waals surface area contributed by atoms with Crippen LogP contribution in [-0.2, 0) is 10.0 Å². The molecule has 284 valence electrons. The molecule has 1 saturated heterocycles. The van der Waals surface area contributed by atoms with Gasteiger partial charge in [-0.15, -0.1) is 22.0 Å². The van der Waals surface area contributed by atoms with E-state index in [9.17, 15) is 33.2 Å². The van der Waals surface area contributed by atoms with Crippen LogP contribution in [0, 0.1) is 10.1 Å². The van der Waals surface area contributed by atoms with Crippen molar-refractivity contribution in [2.45, 2.75) is 9.79 Å². The van der Waals surface area contributed by atoms with Crippen LogP contribution in [0.2, 0.25) is 0 Å². The van der Waals surface area contributed by atoms with Crippen LogP contribution in [0.1, 0.15) is 20.8 Å². The van der Waals surface area contributed by atoms with Crippen LogP contribution in [-0.4, -0.2) is 88.8 Å². The van der Waals surface area contributed by atoms with Crippen molar-refractivity contribution in [2.24, 2.45) is 0 Å². The number of carbonyl (C=O) groups is 2. The molecule has 1 fully saturated rings.